The Labute approximate surface area is 160 Å². The van der Waals surface area contributed by atoms with E-state index in [2.05, 4.69) is 15.1 Å². The lowest BCUT2D eigenvalue weighted by Crippen LogP contribution is -2.52. The number of methoxy groups -OCH3 is 1. The molecule has 2 aliphatic rings. The first-order chi connectivity index (χ1) is 13.2. The number of benzene rings is 1. The van der Waals surface area contributed by atoms with Crippen LogP contribution in [0.5, 0.6) is 0 Å². The van der Waals surface area contributed by atoms with E-state index in [1.807, 2.05) is 17.0 Å². The molecule has 1 N–H and O–H groups in total. The number of piperazine rings is 1. The second-order valence-electron chi connectivity index (χ2n) is 6.70. The summed E-state index contributed by atoms with van der Waals surface area (Å²) >= 11 is 0. The van der Waals surface area contributed by atoms with Gasteiger partial charge in [0, 0.05) is 58.0 Å². The van der Waals surface area contributed by atoms with Crippen molar-refractivity contribution >= 4 is 17.7 Å². The van der Waals surface area contributed by atoms with E-state index in [-0.39, 0.29) is 12.0 Å². The minimum absolute atomic E-state index is 0.00366. The average Bonchev–Trinajstić information content (AvgIpc) is 2.74. The fourth-order valence-electron chi connectivity index (χ4n) is 3.35. The number of carbonyl (C=O) groups excluding carboxylic acids is 2. The van der Waals surface area contributed by atoms with Gasteiger partial charge in [-0.25, -0.2) is 9.59 Å². The van der Waals surface area contributed by atoms with Crippen molar-refractivity contribution in [2.75, 3.05) is 77.6 Å². The second-order valence-corrected chi connectivity index (χ2v) is 6.70. The van der Waals surface area contributed by atoms with Crippen molar-refractivity contribution in [3.63, 3.8) is 0 Å². The minimum atomic E-state index is -0.333. The molecule has 0 bridgehead atoms. The Morgan fingerprint density at radius 1 is 1.04 bits per heavy atom. The fourth-order valence-corrected chi connectivity index (χ4v) is 3.35. The molecule has 3 rings (SSSR count). The minimum Gasteiger partial charge on any atom is -0.465 e. The summed E-state index contributed by atoms with van der Waals surface area (Å²) in [7, 11) is 1.38. The second kappa shape index (κ2) is 9.57. The Hall–Kier alpha value is -2.32. The van der Waals surface area contributed by atoms with Crippen LogP contribution in [0.4, 0.5) is 10.5 Å². The van der Waals surface area contributed by atoms with E-state index >= 15 is 0 Å². The van der Waals surface area contributed by atoms with Crippen molar-refractivity contribution in [3.8, 4) is 0 Å². The van der Waals surface area contributed by atoms with Gasteiger partial charge >= 0.3 is 12.0 Å². The maximum atomic E-state index is 12.3. The van der Waals surface area contributed by atoms with E-state index in [0.717, 1.165) is 51.6 Å². The topological polar surface area (TPSA) is 74.4 Å². The summed E-state index contributed by atoms with van der Waals surface area (Å²) in [4.78, 5) is 30.2. The van der Waals surface area contributed by atoms with Crippen LogP contribution in [0.15, 0.2) is 24.3 Å². The standard InChI is InChI=1S/C19H28N4O4/c1-26-18(24)16-2-4-17(5-3-16)22-8-10-23(11-9-22)19(25)20-6-7-21-12-14-27-15-13-21/h2-5H,6-15H2,1H3,(H,20,25). The van der Waals surface area contributed by atoms with E-state index < -0.39 is 0 Å². The highest BCUT2D eigenvalue weighted by atomic mass is 16.5. The van der Waals surface area contributed by atoms with Crippen LogP contribution < -0.4 is 10.2 Å². The van der Waals surface area contributed by atoms with Crippen molar-refractivity contribution < 1.29 is 19.1 Å². The quantitative estimate of drug-likeness (QED) is 0.760. The molecule has 2 fully saturated rings. The molecule has 8 nitrogen and oxygen atoms in total. The number of ether oxygens (including phenoxy) is 2. The number of rotatable bonds is 5. The number of anilines is 1. The maximum absolute atomic E-state index is 12.3. The molecule has 0 spiro atoms. The molecule has 0 atom stereocenters. The third-order valence-corrected chi connectivity index (χ3v) is 5.03. The van der Waals surface area contributed by atoms with Gasteiger partial charge in [0.1, 0.15) is 0 Å². The summed E-state index contributed by atoms with van der Waals surface area (Å²) in [5.74, 6) is -0.333. The Morgan fingerprint density at radius 3 is 2.33 bits per heavy atom. The molecular weight excluding hydrogens is 348 g/mol. The molecular formula is C19H28N4O4. The summed E-state index contributed by atoms with van der Waals surface area (Å²) in [6.07, 6.45) is 0. The van der Waals surface area contributed by atoms with Gasteiger partial charge in [-0.1, -0.05) is 0 Å². The van der Waals surface area contributed by atoms with Crippen LogP contribution in [0.1, 0.15) is 10.4 Å². The molecule has 27 heavy (non-hydrogen) atoms. The number of urea groups is 1. The lowest BCUT2D eigenvalue weighted by molar-refractivity contribution is 0.0385. The average molecular weight is 376 g/mol. The Balaban J connectivity index is 1.40. The van der Waals surface area contributed by atoms with Crippen LogP contribution in [0.2, 0.25) is 0 Å². The van der Waals surface area contributed by atoms with Gasteiger partial charge in [-0.2, -0.15) is 0 Å². The van der Waals surface area contributed by atoms with Gasteiger partial charge in [0.05, 0.1) is 25.9 Å². The number of esters is 1. The van der Waals surface area contributed by atoms with Gasteiger partial charge < -0.3 is 24.6 Å². The smallest absolute Gasteiger partial charge is 0.337 e. The predicted octanol–water partition coefficient (Wildman–Crippen LogP) is 0.637. The van der Waals surface area contributed by atoms with Crippen LogP contribution in [-0.2, 0) is 9.47 Å². The highest BCUT2D eigenvalue weighted by molar-refractivity contribution is 5.89. The number of hydrogen-bond acceptors (Lipinski definition) is 6. The lowest BCUT2D eigenvalue weighted by Gasteiger charge is -2.36. The largest absolute Gasteiger partial charge is 0.465 e. The number of nitrogens with zero attached hydrogens (tertiary/aromatic N) is 3. The molecule has 0 saturated carbocycles. The summed E-state index contributed by atoms with van der Waals surface area (Å²) in [5, 5.41) is 3.02. The first-order valence-corrected chi connectivity index (χ1v) is 9.43. The molecule has 0 radical (unpaired) electrons. The molecule has 0 aromatic heterocycles. The van der Waals surface area contributed by atoms with Crippen molar-refractivity contribution in [1.29, 1.82) is 0 Å². The third-order valence-electron chi connectivity index (χ3n) is 5.03. The predicted molar refractivity (Wildman–Crippen MR) is 102 cm³/mol. The zero-order valence-corrected chi connectivity index (χ0v) is 15.9. The molecule has 2 aliphatic heterocycles. The number of morpholine rings is 1. The summed E-state index contributed by atoms with van der Waals surface area (Å²) in [6.45, 7) is 7.85. The van der Waals surface area contributed by atoms with E-state index in [9.17, 15) is 9.59 Å². The van der Waals surface area contributed by atoms with Crippen molar-refractivity contribution in [2.45, 2.75) is 0 Å². The molecule has 2 amide bonds. The van der Waals surface area contributed by atoms with Crippen molar-refractivity contribution in [2.24, 2.45) is 0 Å². The van der Waals surface area contributed by atoms with Crippen LogP contribution in [0.3, 0.4) is 0 Å². The van der Waals surface area contributed by atoms with Crippen LogP contribution >= 0.6 is 0 Å². The summed E-state index contributed by atoms with van der Waals surface area (Å²) < 4.78 is 10.0. The van der Waals surface area contributed by atoms with E-state index in [4.69, 9.17) is 9.47 Å². The first-order valence-electron chi connectivity index (χ1n) is 9.43. The zero-order valence-electron chi connectivity index (χ0n) is 15.9. The van der Waals surface area contributed by atoms with E-state index in [0.29, 0.717) is 25.2 Å². The fraction of sp³-hybridized carbons (Fsp3) is 0.579. The third kappa shape index (κ3) is 5.33. The molecule has 1 aromatic carbocycles. The maximum Gasteiger partial charge on any atom is 0.337 e. The van der Waals surface area contributed by atoms with Gasteiger partial charge in [0.15, 0.2) is 0 Å². The molecule has 1 aromatic rings. The van der Waals surface area contributed by atoms with Gasteiger partial charge in [-0.05, 0) is 24.3 Å². The summed E-state index contributed by atoms with van der Waals surface area (Å²) in [6, 6.07) is 7.39. The number of hydrogen-bond donors (Lipinski definition) is 1. The lowest BCUT2D eigenvalue weighted by atomic mass is 10.2. The Bertz CT molecular complexity index is 623. The van der Waals surface area contributed by atoms with Gasteiger partial charge in [0.25, 0.3) is 0 Å². The zero-order chi connectivity index (χ0) is 19.1. The highest BCUT2D eigenvalue weighted by Crippen LogP contribution is 2.17. The van der Waals surface area contributed by atoms with E-state index in [1.54, 1.807) is 12.1 Å². The molecule has 2 heterocycles. The van der Waals surface area contributed by atoms with Crippen LogP contribution in [0, 0.1) is 0 Å². The molecule has 148 valence electrons. The van der Waals surface area contributed by atoms with Crippen molar-refractivity contribution in [1.82, 2.24) is 15.1 Å². The van der Waals surface area contributed by atoms with Crippen LogP contribution in [0.25, 0.3) is 0 Å². The van der Waals surface area contributed by atoms with Gasteiger partial charge in [-0.3, -0.25) is 4.90 Å². The normalized spacial score (nSPS) is 18.3. The Morgan fingerprint density at radius 2 is 1.70 bits per heavy atom. The van der Waals surface area contributed by atoms with Gasteiger partial charge in [0.2, 0.25) is 0 Å². The molecule has 8 heteroatoms. The summed E-state index contributed by atoms with van der Waals surface area (Å²) in [5.41, 5.74) is 1.59. The Kier molecular flexibility index (Phi) is 6.89. The molecule has 2 saturated heterocycles. The monoisotopic (exact) mass is 376 g/mol. The SMILES string of the molecule is COC(=O)c1ccc(N2CCN(C(=O)NCCN3CCOCC3)CC2)cc1. The molecule has 0 unspecified atom stereocenters. The first kappa shape index (κ1) is 19.4. The number of amides is 2. The number of nitrogens with one attached hydrogen (secondary N) is 1. The number of carbonyl (C=O) groups is 2. The highest BCUT2D eigenvalue weighted by Gasteiger charge is 2.21. The van der Waals surface area contributed by atoms with E-state index in [1.165, 1.54) is 7.11 Å². The van der Waals surface area contributed by atoms with Crippen LogP contribution in [-0.4, -0.2) is 94.5 Å². The van der Waals surface area contributed by atoms with Crippen molar-refractivity contribution in [3.05, 3.63) is 29.8 Å². The van der Waals surface area contributed by atoms with Gasteiger partial charge in [-0.15, -0.1) is 0 Å². The molecule has 0 aliphatic carbocycles.